The van der Waals surface area contributed by atoms with Crippen molar-refractivity contribution in [2.75, 3.05) is 10.6 Å². The standard InChI is InChI=1S/C20H17F3N4O2S/c1-3-16(28)27-19-25-11(2)17(30-19)12-7-8-24-15(10-12)26-18(29)13-5-4-6-14(9-13)20(21,22)23/h4-10H,3H2,1-2H3,(H,24,26,29)(H,25,27,28). The third-order valence-corrected chi connectivity index (χ3v) is 5.20. The molecule has 2 amide bonds. The Morgan fingerprint density at radius 1 is 1.13 bits per heavy atom. The quantitative estimate of drug-likeness (QED) is 0.583. The lowest BCUT2D eigenvalue weighted by Gasteiger charge is -2.09. The Morgan fingerprint density at radius 2 is 1.90 bits per heavy atom. The van der Waals surface area contributed by atoms with Crippen molar-refractivity contribution in [1.82, 2.24) is 9.97 Å². The van der Waals surface area contributed by atoms with Crippen LogP contribution in [0.25, 0.3) is 10.4 Å². The fraction of sp³-hybridized carbons (Fsp3) is 0.200. The minimum atomic E-state index is -4.54. The van der Waals surface area contributed by atoms with E-state index < -0.39 is 17.6 Å². The van der Waals surface area contributed by atoms with E-state index in [1.54, 1.807) is 26.0 Å². The number of amides is 2. The van der Waals surface area contributed by atoms with Crippen molar-refractivity contribution in [2.45, 2.75) is 26.4 Å². The summed E-state index contributed by atoms with van der Waals surface area (Å²) in [5.41, 5.74) is 0.360. The molecule has 6 nitrogen and oxygen atoms in total. The lowest BCUT2D eigenvalue weighted by molar-refractivity contribution is -0.137. The van der Waals surface area contributed by atoms with Crippen LogP contribution in [-0.2, 0) is 11.0 Å². The van der Waals surface area contributed by atoms with Gasteiger partial charge in [0.2, 0.25) is 5.91 Å². The molecule has 3 aromatic rings. The molecule has 3 rings (SSSR count). The van der Waals surface area contributed by atoms with Gasteiger partial charge in [0.05, 0.1) is 16.1 Å². The Labute approximate surface area is 174 Å². The Kier molecular flexibility index (Phi) is 6.16. The summed E-state index contributed by atoms with van der Waals surface area (Å²) >= 11 is 1.28. The van der Waals surface area contributed by atoms with Gasteiger partial charge in [-0.05, 0) is 42.8 Å². The summed E-state index contributed by atoms with van der Waals surface area (Å²) in [6.07, 6.45) is -2.74. The van der Waals surface area contributed by atoms with Crippen molar-refractivity contribution < 1.29 is 22.8 Å². The van der Waals surface area contributed by atoms with E-state index in [-0.39, 0.29) is 17.3 Å². The van der Waals surface area contributed by atoms with Crippen LogP contribution >= 0.6 is 11.3 Å². The highest BCUT2D eigenvalue weighted by Gasteiger charge is 2.30. The molecular weight excluding hydrogens is 417 g/mol. The highest BCUT2D eigenvalue weighted by atomic mass is 32.1. The van der Waals surface area contributed by atoms with Crippen LogP contribution in [0.1, 0.15) is 35.0 Å². The smallest absolute Gasteiger partial charge is 0.307 e. The third kappa shape index (κ3) is 5.01. The predicted molar refractivity (Wildman–Crippen MR) is 108 cm³/mol. The average molecular weight is 434 g/mol. The highest BCUT2D eigenvalue weighted by molar-refractivity contribution is 7.19. The number of pyridine rings is 1. The van der Waals surface area contributed by atoms with Crippen molar-refractivity contribution in [3.63, 3.8) is 0 Å². The lowest BCUT2D eigenvalue weighted by atomic mass is 10.1. The van der Waals surface area contributed by atoms with E-state index in [1.807, 2.05) is 0 Å². The average Bonchev–Trinajstić information content (AvgIpc) is 3.07. The first-order valence-electron chi connectivity index (χ1n) is 8.89. The molecule has 0 aliphatic carbocycles. The number of hydrogen-bond donors (Lipinski definition) is 2. The van der Waals surface area contributed by atoms with Crippen molar-refractivity contribution >= 4 is 34.1 Å². The number of nitrogens with one attached hydrogen (secondary N) is 2. The Balaban J connectivity index is 1.81. The van der Waals surface area contributed by atoms with Gasteiger partial charge in [-0.2, -0.15) is 13.2 Å². The second-order valence-electron chi connectivity index (χ2n) is 6.30. The summed E-state index contributed by atoms with van der Waals surface area (Å²) in [4.78, 5) is 33.1. The normalized spacial score (nSPS) is 11.2. The van der Waals surface area contributed by atoms with Gasteiger partial charge in [0.1, 0.15) is 5.82 Å². The molecule has 0 radical (unpaired) electrons. The fourth-order valence-electron chi connectivity index (χ4n) is 2.59. The number of nitrogens with zero attached hydrogens (tertiary/aromatic N) is 2. The van der Waals surface area contributed by atoms with Crippen LogP contribution in [0.3, 0.4) is 0 Å². The SMILES string of the molecule is CCC(=O)Nc1nc(C)c(-c2ccnc(NC(=O)c3cccc(C(F)(F)F)c3)c2)s1. The van der Waals surface area contributed by atoms with Crippen molar-refractivity contribution in [3.05, 3.63) is 59.4 Å². The van der Waals surface area contributed by atoms with E-state index in [4.69, 9.17) is 0 Å². The minimum Gasteiger partial charge on any atom is -0.307 e. The molecule has 2 aromatic heterocycles. The number of aryl methyl sites for hydroxylation is 1. The molecular formula is C20H17F3N4O2S. The number of rotatable bonds is 5. The third-order valence-electron chi connectivity index (χ3n) is 4.08. The molecule has 0 unspecified atom stereocenters. The molecule has 0 fully saturated rings. The molecule has 0 saturated heterocycles. The number of carbonyl (C=O) groups excluding carboxylic acids is 2. The zero-order valence-electron chi connectivity index (χ0n) is 16.0. The van der Waals surface area contributed by atoms with E-state index in [2.05, 4.69) is 20.6 Å². The van der Waals surface area contributed by atoms with Gasteiger partial charge in [0.25, 0.3) is 5.91 Å². The summed E-state index contributed by atoms with van der Waals surface area (Å²) in [6.45, 7) is 3.52. The summed E-state index contributed by atoms with van der Waals surface area (Å²) in [5.74, 6) is -0.677. The number of anilines is 2. The summed E-state index contributed by atoms with van der Waals surface area (Å²) < 4.78 is 38.6. The number of benzene rings is 1. The number of aromatic nitrogens is 2. The van der Waals surface area contributed by atoms with Gasteiger partial charge < -0.3 is 10.6 Å². The molecule has 2 N–H and O–H groups in total. The van der Waals surface area contributed by atoms with Gasteiger partial charge in [-0.3, -0.25) is 9.59 Å². The zero-order chi connectivity index (χ0) is 21.9. The van der Waals surface area contributed by atoms with E-state index in [1.165, 1.54) is 29.7 Å². The van der Waals surface area contributed by atoms with Crippen LogP contribution in [0.2, 0.25) is 0 Å². The number of hydrogen-bond acceptors (Lipinski definition) is 5. The van der Waals surface area contributed by atoms with Crippen molar-refractivity contribution in [1.29, 1.82) is 0 Å². The summed E-state index contributed by atoms with van der Waals surface area (Å²) in [6, 6.07) is 7.47. The van der Waals surface area contributed by atoms with Crippen molar-refractivity contribution in [2.24, 2.45) is 0 Å². The zero-order valence-corrected chi connectivity index (χ0v) is 16.8. The number of alkyl halides is 3. The topological polar surface area (TPSA) is 84.0 Å². The molecule has 30 heavy (non-hydrogen) atoms. The molecule has 1 aromatic carbocycles. The van der Waals surface area contributed by atoms with Gasteiger partial charge in [0.15, 0.2) is 5.13 Å². The first-order valence-corrected chi connectivity index (χ1v) is 9.71. The molecule has 10 heteroatoms. The Bertz CT molecular complexity index is 1100. The summed E-state index contributed by atoms with van der Waals surface area (Å²) in [7, 11) is 0. The van der Waals surface area contributed by atoms with E-state index in [0.29, 0.717) is 22.8 Å². The van der Waals surface area contributed by atoms with Crippen LogP contribution in [-0.4, -0.2) is 21.8 Å². The first-order chi connectivity index (χ1) is 14.2. The van der Waals surface area contributed by atoms with Crippen LogP contribution in [0.15, 0.2) is 42.6 Å². The van der Waals surface area contributed by atoms with Gasteiger partial charge in [-0.1, -0.05) is 24.3 Å². The maximum Gasteiger partial charge on any atom is 0.416 e. The Hall–Kier alpha value is -3.27. The molecule has 0 aliphatic rings. The number of carbonyl (C=O) groups is 2. The molecule has 0 aliphatic heterocycles. The van der Waals surface area contributed by atoms with Crippen LogP contribution < -0.4 is 10.6 Å². The summed E-state index contributed by atoms with van der Waals surface area (Å²) in [5, 5.41) is 5.67. The number of thiazole rings is 1. The molecule has 0 spiro atoms. The molecule has 0 saturated carbocycles. The maximum absolute atomic E-state index is 12.9. The highest BCUT2D eigenvalue weighted by Crippen LogP contribution is 2.34. The monoisotopic (exact) mass is 434 g/mol. The molecule has 0 atom stereocenters. The lowest BCUT2D eigenvalue weighted by Crippen LogP contribution is -2.14. The first kappa shape index (κ1) is 21.4. The molecule has 0 bridgehead atoms. The van der Waals surface area contributed by atoms with Gasteiger partial charge in [-0.15, -0.1) is 0 Å². The van der Waals surface area contributed by atoms with E-state index in [0.717, 1.165) is 17.0 Å². The van der Waals surface area contributed by atoms with Gasteiger partial charge in [0, 0.05) is 18.2 Å². The second-order valence-corrected chi connectivity index (χ2v) is 7.30. The minimum absolute atomic E-state index is 0.129. The largest absolute Gasteiger partial charge is 0.416 e. The maximum atomic E-state index is 12.9. The van der Waals surface area contributed by atoms with Gasteiger partial charge >= 0.3 is 6.18 Å². The number of halogens is 3. The Morgan fingerprint density at radius 3 is 2.60 bits per heavy atom. The predicted octanol–water partition coefficient (Wildman–Crippen LogP) is 5.13. The van der Waals surface area contributed by atoms with Crippen molar-refractivity contribution in [3.8, 4) is 10.4 Å². The van der Waals surface area contributed by atoms with Crippen LogP contribution in [0, 0.1) is 6.92 Å². The van der Waals surface area contributed by atoms with Crippen LogP contribution in [0.4, 0.5) is 24.1 Å². The van der Waals surface area contributed by atoms with E-state index in [9.17, 15) is 22.8 Å². The molecule has 2 heterocycles. The second kappa shape index (κ2) is 8.62. The van der Waals surface area contributed by atoms with E-state index >= 15 is 0 Å². The molecule has 156 valence electrons. The van der Waals surface area contributed by atoms with Gasteiger partial charge in [-0.25, -0.2) is 9.97 Å². The van der Waals surface area contributed by atoms with Crippen LogP contribution in [0.5, 0.6) is 0 Å². The fourth-order valence-corrected chi connectivity index (χ4v) is 3.57.